The molecule has 0 amide bonds. The van der Waals surface area contributed by atoms with Crippen molar-refractivity contribution in [1.82, 2.24) is 9.38 Å². The molecular weight excluding hydrogens is 297 g/mol. The van der Waals surface area contributed by atoms with Crippen LogP contribution in [0.4, 0.5) is 10.2 Å². The van der Waals surface area contributed by atoms with Crippen LogP contribution in [-0.2, 0) is 0 Å². The number of hydrogen-bond donors (Lipinski definition) is 1. The van der Waals surface area contributed by atoms with Crippen molar-refractivity contribution in [2.24, 2.45) is 0 Å². The van der Waals surface area contributed by atoms with Crippen molar-refractivity contribution in [3.8, 4) is 11.3 Å². The number of halogens is 2. The average Bonchev–Trinajstić information content (AvgIpc) is 2.70. The summed E-state index contributed by atoms with van der Waals surface area (Å²) < 4.78 is 15.6. The number of nitrogens with two attached hydrogens (primary N) is 1. The van der Waals surface area contributed by atoms with Gasteiger partial charge < -0.3 is 5.73 Å². The highest BCUT2D eigenvalue weighted by molar-refractivity contribution is 9.10. The summed E-state index contributed by atoms with van der Waals surface area (Å²) in [4.78, 5) is 4.48. The third-order valence-electron chi connectivity index (χ3n) is 2.76. The summed E-state index contributed by atoms with van der Waals surface area (Å²) in [5, 5.41) is 0. The maximum atomic E-state index is 12.9. The molecule has 0 aliphatic carbocycles. The van der Waals surface area contributed by atoms with Gasteiger partial charge in [0.15, 0.2) is 5.65 Å². The third kappa shape index (κ3) is 1.67. The molecule has 0 unspecified atom stereocenters. The zero-order valence-corrected chi connectivity index (χ0v) is 10.9. The van der Waals surface area contributed by atoms with Crippen LogP contribution in [-0.4, -0.2) is 9.38 Å². The molecule has 2 N–H and O–H groups in total. The summed E-state index contributed by atoms with van der Waals surface area (Å²) in [6.45, 7) is 0. The number of imidazole rings is 1. The lowest BCUT2D eigenvalue weighted by atomic mass is 10.1. The molecule has 90 valence electrons. The molecule has 3 rings (SSSR count). The monoisotopic (exact) mass is 305 g/mol. The van der Waals surface area contributed by atoms with Crippen molar-refractivity contribution in [3.05, 3.63) is 52.9 Å². The summed E-state index contributed by atoms with van der Waals surface area (Å²) in [6, 6.07) is 9.91. The van der Waals surface area contributed by atoms with Crippen LogP contribution in [0.15, 0.2) is 47.1 Å². The van der Waals surface area contributed by atoms with Crippen molar-refractivity contribution in [3.63, 3.8) is 0 Å². The smallest absolute Gasteiger partial charge is 0.153 e. The predicted octanol–water partition coefficient (Wildman–Crippen LogP) is 3.49. The number of benzene rings is 1. The summed E-state index contributed by atoms with van der Waals surface area (Å²) in [7, 11) is 0. The Labute approximate surface area is 111 Å². The van der Waals surface area contributed by atoms with Crippen LogP contribution in [0.2, 0.25) is 0 Å². The van der Waals surface area contributed by atoms with Gasteiger partial charge in [0.25, 0.3) is 0 Å². The van der Waals surface area contributed by atoms with Gasteiger partial charge in [0.1, 0.15) is 17.3 Å². The standard InChI is InChI=1S/C13H9BrFN3/c14-10-2-1-7-18-12(16)11(17-13(10)18)8-3-5-9(15)6-4-8/h1-7H,16H2. The Morgan fingerprint density at radius 3 is 2.56 bits per heavy atom. The van der Waals surface area contributed by atoms with Crippen LogP contribution in [0.5, 0.6) is 0 Å². The molecule has 0 aliphatic heterocycles. The van der Waals surface area contributed by atoms with E-state index in [1.165, 1.54) is 12.1 Å². The molecule has 0 radical (unpaired) electrons. The van der Waals surface area contributed by atoms with Crippen LogP contribution in [0, 0.1) is 5.82 Å². The first-order valence-corrected chi connectivity index (χ1v) is 6.14. The van der Waals surface area contributed by atoms with Gasteiger partial charge in [0, 0.05) is 11.8 Å². The molecule has 0 bridgehead atoms. The van der Waals surface area contributed by atoms with Crippen molar-refractivity contribution in [1.29, 1.82) is 0 Å². The first kappa shape index (κ1) is 11.2. The van der Waals surface area contributed by atoms with E-state index in [2.05, 4.69) is 20.9 Å². The summed E-state index contributed by atoms with van der Waals surface area (Å²) in [5.41, 5.74) is 8.26. The maximum Gasteiger partial charge on any atom is 0.153 e. The molecule has 5 heteroatoms. The minimum atomic E-state index is -0.276. The maximum absolute atomic E-state index is 12.9. The largest absolute Gasteiger partial charge is 0.383 e. The van der Waals surface area contributed by atoms with E-state index in [1.54, 1.807) is 16.5 Å². The summed E-state index contributed by atoms with van der Waals surface area (Å²) in [5.74, 6) is 0.264. The molecule has 2 aromatic heterocycles. The zero-order chi connectivity index (χ0) is 12.7. The molecule has 1 aromatic carbocycles. The van der Waals surface area contributed by atoms with Gasteiger partial charge in [-0.15, -0.1) is 0 Å². The Bertz CT molecular complexity index is 719. The van der Waals surface area contributed by atoms with E-state index in [1.807, 2.05) is 18.3 Å². The Kier molecular flexibility index (Phi) is 2.56. The van der Waals surface area contributed by atoms with E-state index in [9.17, 15) is 4.39 Å². The lowest BCUT2D eigenvalue weighted by Crippen LogP contribution is -1.93. The van der Waals surface area contributed by atoms with Gasteiger partial charge in [-0.1, -0.05) is 0 Å². The molecule has 3 aromatic rings. The number of anilines is 1. The lowest BCUT2D eigenvalue weighted by molar-refractivity contribution is 0.628. The number of aromatic nitrogens is 2. The van der Waals surface area contributed by atoms with Crippen LogP contribution < -0.4 is 5.73 Å². The fraction of sp³-hybridized carbons (Fsp3) is 0. The second kappa shape index (κ2) is 4.10. The zero-order valence-electron chi connectivity index (χ0n) is 9.27. The van der Waals surface area contributed by atoms with Gasteiger partial charge in [-0.3, -0.25) is 4.40 Å². The molecular formula is C13H9BrFN3. The normalized spacial score (nSPS) is 11.0. The number of fused-ring (bicyclic) bond motifs is 1. The van der Waals surface area contributed by atoms with E-state index < -0.39 is 0 Å². The molecule has 2 heterocycles. The van der Waals surface area contributed by atoms with Gasteiger partial charge in [0.2, 0.25) is 0 Å². The first-order chi connectivity index (χ1) is 8.66. The van der Waals surface area contributed by atoms with Gasteiger partial charge in [-0.2, -0.15) is 0 Å². The second-order valence-electron chi connectivity index (χ2n) is 3.90. The fourth-order valence-electron chi connectivity index (χ4n) is 1.87. The molecule has 18 heavy (non-hydrogen) atoms. The van der Waals surface area contributed by atoms with E-state index in [-0.39, 0.29) is 5.82 Å². The lowest BCUT2D eigenvalue weighted by Gasteiger charge is -1.99. The molecule has 3 nitrogen and oxygen atoms in total. The third-order valence-corrected chi connectivity index (χ3v) is 3.38. The summed E-state index contributed by atoms with van der Waals surface area (Å²) >= 11 is 3.43. The van der Waals surface area contributed by atoms with Gasteiger partial charge in [0.05, 0.1) is 4.47 Å². The molecule has 0 aliphatic rings. The van der Waals surface area contributed by atoms with Gasteiger partial charge in [-0.05, 0) is 52.3 Å². The Morgan fingerprint density at radius 1 is 1.17 bits per heavy atom. The number of nitrogens with zero attached hydrogens (tertiary/aromatic N) is 2. The Balaban J connectivity index is 2.27. The molecule has 0 spiro atoms. The first-order valence-electron chi connectivity index (χ1n) is 5.35. The number of nitrogen functional groups attached to an aromatic ring is 1. The molecule has 0 atom stereocenters. The Morgan fingerprint density at radius 2 is 1.89 bits per heavy atom. The average molecular weight is 306 g/mol. The van der Waals surface area contributed by atoms with Crippen molar-refractivity contribution in [2.45, 2.75) is 0 Å². The highest BCUT2D eigenvalue weighted by Gasteiger charge is 2.12. The highest BCUT2D eigenvalue weighted by Crippen LogP contribution is 2.29. The van der Waals surface area contributed by atoms with Crippen LogP contribution in [0.3, 0.4) is 0 Å². The van der Waals surface area contributed by atoms with E-state index in [4.69, 9.17) is 5.73 Å². The topological polar surface area (TPSA) is 43.3 Å². The molecule has 0 saturated heterocycles. The number of hydrogen-bond acceptors (Lipinski definition) is 2. The summed E-state index contributed by atoms with van der Waals surface area (Å²) in [6.07, 6.45) is 1.84. The van der Waals surface area contributed by atoms with Gasteiger partial charge in [-0.25, -0.2) is 9.37 Å². The van der Waals surface area contributed by atoms with Crippen LogP contribution in [0.25, 0.3) is 16.9 Å². The molecule has 0 saturated carbocycles. The predicted molar refractivity (Wildman–Crippen MR) is 72.7 cm³/mol. The van der Waals surface area contributed by atoms with Gasteiger partial charge >= 0.3 is 0 Å². The van der Waals surface area contributed by atoms with E-state index in [0.29, 0.717) is 11.5 Å². The minimum Gasteiger partial charge on any atom is -0.383 e. The van der Waals surface area contributed by atoms with Crippen molar-refractivity contribution >= 4 is 27.4 Å². The number of rotatable bonds is 1. The second-order valence-corrected chi connectivity index (χ2v) is 4.76. The highest BCUT2D eigenvalue weighted by atomic mass is 79.9. The Hall–Kier alpha value is -1.88. The quantitative estimate of drug-likeness (QED) is 0.748. The number of pyridine rings is 1. The fourth-order valence-corrected chi connectivity index (χ4v) is 2.31. The van der Waals surface area contributed by atoms with Crippen LogP contribution >= 0.6 is 15.9 Å². The molecule has 0 fully saturated rings. The van der Waals surface area contributed by atoms with Crippen molar-refractivity contribution < 1.29 is 4.39 Å². The van der Waals surface area contributed by atoms with E-state index >= 15 is 0 Å². The minimum absolute atomic E-state index is 0.276. The van der Waals surface area contributed by atoms with Crippen molar-refractivity contribution in [2.75, 3.05) is 5.73 Å². The van der Waals surface area contributed by atoms with Crippen LogP contribution in [0.1, 0.15) is 0 Å². The van der Waals surface area contributed by atoms with E-state index in [0.717, 1.165) is 15.7 Å². The SMILES string of the molecule is Nc1c(-c2ccc(F)cc2)nc2c(Br)cccn12.